The largest absolute Gasteiger partial charge is 0.466 e. The minimum Gasteiger partial charge on any atom is -0.466 e. The lowest BCUT2D eigenvalue weighted by Gasteiger charge is -2.14. The van der Waals surface area contributed by atoms with E-state index in [9.17, 15) is 9.18 Å². The van der Waals surface area contributed by atoms with Gasteiger partial charge in [-0.3, -0.25) is 4.79 Å². The van der Waals surface area contributed by atoms with Crippen LogP contribution in [-0.4, -0.2) is 12.6 Å². The number of aryl methyl sites for hydroxylation is 2. The molecule has 1 aromatic carbocycles. The van der Waals surface area contributed by atoms with E-state index >= 15 is 0 Å². The molecule has 1 aliphatic carbocycles. The highest BCUT2D eigenvalue weighted by molar-refractivity contribution is 5.80. The van der Waals surface area contributed by atoms with Gasteiger partial charge in [0, 0.05) is 6.42 Å². The van der Waals surface area contributed by atoms with E-state index in [0.717, 1.165) is 27.8 Å². The Morgan fingerprint density at radius 3 is 2.35 bits per heavy atom. The fourth-order valence-corrected chi connectivity index (χ4v) is 3.25. The molecule has 2 rings (SSSR count). The summed E-state index contributed by atoms with van der Waals surface area (Å²) in [6, 6.07) is 4.44. The fraction of sp³-hybridized carbons (Fsp3) is 0.435. The lowest BCUT2D eigenvalue weighted by molar-refractivity contribution is -0.143. The van der Waals surface area contributed by atoms with Crippen LogP contribution in [0.15, 0.2) is 42.3 Å². The molecule has 0 aliphatic heterocycles. The number of hydrogen-bond donors (Lipinski definition) is 0. The maximum Gasteiger partial charge on any atom is 0.306 e. The number of ether oxygens (including phenoxy) is 1. The highest BCUT2D eigenvalue weighted by atomic mass is 19.1. The fourth-order valence-electron chi connectivity index (χ4n) is 3.25. The van der Waals surface area contributed by atoms with Crippen LogP contribution in [0.4, 0.5) is 4.39 Å². The Morgan fingerprint density at radius 2 is 1.85 bits per heavy atom. The summed E-state index contributed by atoms with van der Waals surface area (Å²) in [4.78, 5) is 11.5. The predicted molar refractivity (Wildman–Crippen MR) is 106 cm³/mol. The van der Waals surface area contributed by atoms with Gasteiger partial charge in [-0.15, -0.1) is 0 Å². The molecule has 1 saturated carbocycles. The van der Waals surface area contributed by atoms with E-state index in [1.54, 1.807) is 6.92 Å². The zero-order valence-electron chi connectivity index (χ0n) is 16.3. The van der Waals surface area contributed by atoms with Gasteiger partial charge in [0.05, 0.1) is 13.0 Å². The van der Waals surface area contributed by atoms with Crippen LogP contribution in [0, 0.1) is 13.8 Å². The molecule has 0 atom stereocenters. The molecule has 26 heavy (non-hydrogen) atoms. The molecular weight excluding hydrogens is 327 g/mol. The number of benzene rings is 1. The molecular formula is C23H29FO2. The molecule has 0 saturated heterocycles. The minimum absolute atomic E-state index is 0.0462. The molecule has 140 valence electrons. The molecule has 1 fully saturated rings. The Balaban J connectivity index is 2.29. The third-order valence-electron chi connectivity index (χ3n) is 4.48. The summed E-state index contributed by atoms with van der Waals surface area (Å²) in [5.41, 5.74) is 6.38. The number of carbonyl (C=O) groups is 1. The Hall–Kier alpha value is -2.16. The summed E-state index contributed by atoms with van der Waals surface area (Å²) < 4.78 is 19.3. The summed E-state index contributed by atoms with van der Waals surface area (Å²) in [6.45, 7) is 12.0. The number of carbonyl (C=O) groups excluding carboxylic acids is 1. The van der Waals surface area contributed by atoms with Gasteiger partial charge in [0.2, 0.25) is 0 Å². The number of halogens is 1. The van der Waals surface area contributed by atoms with Crippen LogP contribution in [0.1, 0.15) is 67.7 Å². The number of hydrogen-bond acceptors (Lipinski definition) is 2. The smallest absolute Gasteiger partial charge is 0.306 e. The van der Waals surface area contributed by atoms with Crippen LogP contribution in [0.5, 0.6) is 0 Å². The number of rotatable bonds is 8. The third-order valence-corrected chi connectivity index (χ3v) is 4.48. The van der Waals surface area contributed by atoms with Crippen LogP contribution in [0.2, 0.25) is 0 Å². The van der Waals surface area contributed by atoms with E-state index in [0.29, 0.717) is 12.5 Å². The second-order valence-corrected chi connectivity index (χ2v) is 7.15. The van der Waals surface area contributed by atoms with Crippen LogP contribution in [-0.2, 0) is 9.53 Å². The van der Waals surface area contributed by atoms with Crippen molar-refractivity contribution >= 4 is 11.5 Å². The molecule has 0 aromatic heterocycles. The average Bonchev–Trinajstić information content (AvgIpc) is 3.36. The second kappa shape index (κ2) is 8.98. The van der Waals surface area contributed by atoms with Gasteiger partial charge in [-0.2, -0.15) is 0 Å². The summed E-state index contributed by atoms with van der Waals surface area (Å²) in [5.74, 6) is -0.00914. The normalized spacial score (nSPS) is 15.1. The Bertz CT molecular complexity index is 728. The molecule has 3 heteroatoms. The predicted octanol–water partition coefficient (Wildman–Crippen LogP) is 6.34. The first-order chi connectivity index (χ1) is 12.3. The van der Waals surface area contributed by atoms with Gasteiger partial charge in [0.25, 0.3) is 0 Å². The number of esters is 1. The number of allylic oxidation sites excluding steroid dienone is 5. The standard InChI is InChI=1S/C23H29FO2/c1-6-26-22(25)10-9-21(24)14-20(11-15(2)3)23-16(4)12-19(13-17(23)5)18-7-8-18/h11-14,18H,2,6-10H2,1,3-5H3/b20-11+,21-14-. The molecule has 0 N–H and O–H groups in total. The van der Waals surface area contributed by atoms with Crippen molar-refractivity contribution in [1.29, 1.82) is 0 Å². The zero-order chi connectivity index (χ0) is 19.3. The summed E-state index contributed by atoms with van der Waals surface area (Å²) in [6.07, 6.45) is 6.04. The Kier molecular flexibility index (Phi) is 6.96. The maximum atomic E-state index is 14.5. The first-order valence-corrected chi connectivity index (χ1v) is 9.32. The van der Waals surface area contributed by atoms with E-state index in [4.69, 9.17) is 4.74 Å². The van der Waals surface area contributed by atoms with Crippen LogP contribution in [0.3, 0.4) is 0 Å². The van der Waals surface area contributed by atoms with Crippen molar-refractivity contribution in [3.63, 3.8) is 0 Å². The highest BCUT2D eigenvalue weighted by Gasteiger charge is 2.24. The minimum atomic E-state index is -0.373. The average molecular weight is 356 g/mol. The van der Waals surface area contributed by atoms with Crippen LogP contribution >= 0.6 is 0 Å². The zero-order valence-corrected chi connectivity index (χ0v) is 16.3. The van der Waals surface area contributed by atoms with Crippen LogP contribution in [0.25, 0.3) is 5.57 Å². The molecule has 0 heterocycles. The van der Waals surface area contributed by atoms with Crippen LogP contribution < -0.4 is 0 Å². The van der Waals surface area contributed by atoms with Crippen molar-refractivity contribution in [2.75, 3.05) is 6.61 Å². The van der Waals surface area contributed by atoms with Gasteiger partial charge in [-0.25, -0.2) is 4.39 Å². The van der Waals surface area contributed by atoms with Gasteiger partial charge in [-0.05, 0) is 80.4 Å². The van der Waals surface area contributed by atoms with Gasteiger partial charge in [-0.1, -0.05) is 30.4 Å². The molecule has 1 aromatic rings. The first kappa shape index (κ1) is 20.2. The molecule has 0 bridgehead atoms. The molecule has 2 nitrogen and oxygen atoms in total. The van der Waals surface area contributed by atoms with E-state index in [1.165, 1.54) is 24.5 Å². The Morgan fingerprint density at radius 1 is 1.23 bits per heavy atom. The molecule has 0 unspecified atom stereocenters. The quantitative estimate of drug-likeness (QED) is 0.401. The monoisotopic (exact) mass is 356 g/mol. The van der Waals surface area contributed by atoms with E-state index < -0.39 is 0 Å². The summed E-state index contributed by atoms with van der Waals surface area (Å²) in [7, 11) is 0. The van der Waals surface area contributed by atoms with Gasteiger partial charge >= 0.3 is 5.97 Å². The van der Waals surface area contributed by atoms with Gasteiger partial charge in [0.15, 0.2) is 0 Å². The van der Waals surface area contributed by atoms with Crippen molar-refractivity contribution in [1.82, 2.24) is 0 Å². The van der Waals surface area contributed by atoms with Crippen molar-refractivity contribution in [3.8, 4) is 0 Å². The van der Waals surface area contributed by atoms with E-state index in [1.807, 2.05) is 13.0 Å². The highest BCUT2D eigenvalue weighted by Crippen LogP contribution is 2.42. The molecule has 0 spiro atoms. The second-order valence-electron chi connectivity index (χ2n) is 7.15. The van der Waals surface area contributed by atoms with Crippen molar-refractivity contribution < 1.29 is 13.9 Å². The first-order valence-electron chi connectivity index (χ1n) is 9.32. The van der Waals surface area contributed by atoms with Crippen molar-refractivity contribution in [3.05, 3.63) is 64.5 Å². The summed E-state index contributed by atoms with van der Waals surface area (Å²) in [5, 5.41) is 0. The lowest BCUT2D eigenvalue weighted by atomic mass is 9.90. The van der Waals surface area contributed by atoms with E-state index in [2.05, 4.69) is 32.6 Å². The summed E-state index contributed by atoms with van der Waals surface area (Å²) >= 11 is 0. The third kappa shape index (κ3) is 5.69. The molecule has 0 radical (unpaired) electrons. The van der Waals surface area contributed by atoms with Gasteiger partial charge < -0.3 is 4.74 Å². The maximum absolute atomic E-state index is 14.5. The Labute approximate surface area is 156 Å². The van der Waals surface area contributed by atoms with Gasteiger partial charge in [0.1, 0.15) is 5.83 Å². The van der Waals surface area contributed by atoms with Crippen molar-refractivity contribution in [2.24, 2.45) is 0 Å². The van der Waals surface area contributed by atoms with Crippen molar-refractivity contribution in [2.45, 2.75) is 59.3 Å². The SMILES string of the molecule is C=C(C)/C=C(\C=C(/F)CCC(=O)OCC)c1c(C)cc(C2CC2)cc1C. The molecule has 0 amide bonds. The molecule has 1 aliphatic rings. The van der Waals surface area contributed by atoms with E-state index in [-0.39, 0.29) is 24.6 Å². The topological polar surface area (TPSA) is 26.3 Å². The lowest BCUT2D eigenvalue weighted by Crippen LogP contribution is -2.03.